The van der Waals surface area contributed by atoms with Crippen LogP contribution in [0.5, 0.6) is 0 Å². The van der Waals surface area contributed by atoms with E-state index in [1.807, 2.05) is 13.8 Å². The highest BCUT2D eigenvalue weighted by atomic mass is 32.2. The lowest BCUT2D eigenvalue weighted by atomic mass is 10.1. The van der Waals surface area contributed by atoms with Crippen LogP contribution >= 0.6 is 0 Å². The minimum Gasteiger partial charge on any atom is -0.339 e. The minimum atomic E-state index is -3.61. The van der Waals surface area contributed by atoms with E-state index in [9.17, 15) is 18.0 Å². The minimum absolute atomic E-state index is 0.111. The molecule has 1 aliphatic heterocycles. The molecule has 0 bridgehead atoms. The molecule has 22 heavy (non-hydrogen) atoms. The molecule has 2 amide bonds. The quantitative estimate of drug-likeness (QED) is 0.841. The van der Waals surface area contributed by atoms with Gasteiger partial charge in [-0.25, -0.2) is 12.7 Å². The first kappa shape index (κ1) is 16.5. The lowest BCUT2D eigenvalue weighted by molar-refractivity contribution is -0.119. The van der Waals surface area contributed by atoms with E-state index in [0.29, 0.717) is 18.7 Å². The van der Waals surface area contributed by atoms with E-state index >= 15 is 0 Å². The fraction of sp³-hybridized carbons (Fsp3) is 0.467. The van der Waals surface area contributed by atoms with Crippen LogP contribution in [-0.2, 0) is 14.8 Å². The smallest absolute Gasteiger partial charge is 0.253 e. The van der Waals surface area contributed by atoms with Crippen molar-refractivity contribution in [3.05, 3.63) is 29.8 Å². The summed E-state index contributed by atoms with van der Waals surface area (Å²) in [5, 5.41) is 0. The molecular formula is C15H20N2O4S. The molecule has 0 spiro atoms. The largest absolute Gasteiger partial charge is 0.339 e. The predicted octanol–water partition coefficient (Wildman–Crippen LogP) is 1.48. The maximum atomic E-state index is 12.2. The van der Waals surface area contributed by atoms with Gasteiger partial charge in [-0.3, -0.25) is 9.59 Å². The number of amides is 2. The number of carbonyl (C=O) groups is 2. The highest BCUT2D eigenvalue weighted by molar-refractivity contribution is 7.94. The first-order valence-corrected chi connectivity index (χ1v) is 8.89. The number of carbonyl (C=O) groups excluding carboxylic acids is 2. The van der Waals surface area contributed by atoms with Gasteiger partial charge in [0.15, 0.2) is 0 Å². The molecule has 1 heterocycles. The third kappa shape index (κ3) is 2.85. The maximum Gasteiger partial charge on any atom is 0.253 e. The van der Waals surface area contributed by atoms with Crippen LogP contribution in [-0.4, -0.2) is 44.0 Å². The van der Waals surface area contributed by atoms with Crippen LogP contribution in [0, 0.1) is 5.92 Å². The van der Waals surface area contributed by atoms with Crippen LogP contribution in [0.4, 0.5) is 5.69 Å². The number of nitrogens with zero attached hydrogens (tertiary/aromatic N) is 2. The Labute approximate surface area is 130 Å². The number of sulfonamides is 1. The molecule has 7 heteroatoms. The molecule has 1 unspecified atom stereocenters. The average molecular weight is 324 g/mol. The summed E-state index contributed by atoms with van der Waals surface area (Å²) in [7, 11) is -3.61. The Bertz CT molecular complexity index is 678. The van der Waals surface area contributed by atoms with E-state index in [1.54, 1.807) is 24.0 Å². The number of hydrogen-bond donors (Lipinski definition) is 0. The molecule has 0 aromatic heterocycles. The van der Waals surface area contributed by atoms with Gasteiger partial charge in [-0.15, -0.1) is 0 Å². The van der Waals surface area contributed by atoms with Gasteiger partial charge in [0.1, 0.15) is 0 Å². The molecule has 1 saturated heterocycles. The number of benzene rings is 1. The second-order valence-electron chi connectivity index (χ2n) is 5.31. The van der Waals surface area contributed by atoms with E-state index in [-0.39, 0.29) is 17.3 Å². The van der Waals surface area contributed by atoms with E-state index in [1.165, 1.54) is 12.1 Å². The summed E-state index contributed by atoms with van der Waals surface area (Å²) in [4.78, 5) is 25.9. The van der Waals surface area contributed by atoms with Gasteiger partial charge in [-0.05, 0) is 38.1 Å². The van der Waals surface area contributed by atoms with Gasteiger partial charge in [0.25, 0.3) is 5.91 Å². The van der Waals surface area contributed by atoms with Gasteiger partial charge in [0.05, 0.1) is 17.4 Å². The second-order valence-corrected chi connectivity index (χ2v) is 7.17. The Hall–Kier alpha value is -1.89. The summed E-state index contributed by atoms with van der Waals surface area (Å²) < 4.78 is 24.9. The molecule has 6 nitrogen and oxygen atoms in total. The van der Waals surface area contributed by atoms with Crippen molar-refractivity contribution in [3.8, 4) is 0 Å². The molecule has 1 aliphatic rings. The highest BCUT2D eigenvalue weighted by Crippen LogP contribution is 2.28. The van der Waals surface area contributed by atoms with Gasteiger partial charge in [0, 0.05) is 18.7 Å². The van der Waals surface area contributed by atoms with Gasteiger partial charge >= 0.3 is 0 Å². The highest BCUT2D eigenvalue weighted by Gasteiger charge is 2.41. The van der Waals surface area contributed by atoms with Crippen molar-refractivity contribution in [2.45, 2.75) is 20.8 Å². The van der Waals surface area contributed by atoms with Crippen molar-refractivity contribution >= 4 is 27.5 Å². The second kappa shape index (κ2) is 6.08. The van der Waals surface area contributed by atoms with Gasteiger partial charge in [0.2, 0.25) is 15.9 Å². The third-order valence-corrected chi connectivity index (χ3v) is 5.63. The van der Waals surface area contributed by atoms with Crippen LogP contribution in [0.25, 0.3) is 0 Å². The lowest BCUT2D eigenvalue weighted by Gasteiger charge is -2.19. The fourth-order valence-corrected chi connectivity index (χ4v) is 4.34. The Morgan fingerprint density at radius 1 is 1.23 bits per heavy atom. The Morgan fingerprint density at radius 2 is 1.77 bits per heavy atom. The SMILES string of the molecule is CCN(CC)C(=O)c1ccc(N2C(=O)C(C)CS2(=O)=O)cc1. The predicted molar refractivity (Wildman–Crippen MR) is 84.1 cm³/mol. The topological polar surface area (TPSA) is 74.8 Å². The Kier molecular flexibility index (Phi) is 4.55. The monoisotopic (exact) mass is 324 g/mol. The van der Waals surface area contributed by atoms with Crippen molar-refractivity contribution in [1.82, 2.24) is 4.90 Å². The van der Waals surface area contributed by atoms with Crippen LogP contribution in [0.3, 0.4) is 0 Å². The molecule has 1 aromatic rings. The zero-order valence-electron chi connectivity index (χ0n) is 12.9. The van der Waals surface area contributed by atoms with Gasteiger partial charge < -0.3 is 4.90 Å². The Morgan fingerprint density at radius 3 is 2.18 bits per heavy atom. The molecule has 2 rings (SSSR count). The summed E-state index contributed by atoms with van der Waals surface area (Å²) in [6.07, 6.45) is 0. The molecule has 1 fully saturated rings. The summed E-state index contributed by atoms with van der Waals surface area (Å²) in [5.41, 5.74) is 0.759. The Balaban J connectivity index is 2.30. The fourth-order valence-electron chi connectivity index (χ4n) is 2.52. The first-order chi connectivity index (χ1) is 10.3. The van der Waals surface area contributed by atoms with Crippen molar-refractivity contribution < 1.29 is 18.0 Å². The van der Waals surface area contributed by atoms with Crippen molar-refractivity contribution in [1.29, 1.82) is 0 Å². The third-order valence-electron chi connectivity index (χ3n) is 3.76. The van der Waals surface area contributed by atoms with Crippen LogP contribution in [0.1, 0.15) is 31.1 Å². The normalized spacial score (nSPS) is 20.2. The van der Waals surface area contributed by atoms with E-state index in [2.05, 4.69) is 0 Å². The molecule has 1 atom stereocenters. The standard InChI is InChI=1S/C15H20N2O4S/c1-4-16(5-2)15(19)12-6-8-13(9-7-12)17-14(18)11(3)10-22(17,20)21/h6-9,11H,4-5,10H2,1-3H3. The molecular weight excluding hydrogens is 304 g/mol. The summed E-state index contributed by atoms with van der Waals surface area (Å²) >= 11 is 0. The summed E-state index contributed by atoms with van der Waals surface area (Å²) in [5.74, 6) is -1.25. The van der Waals surface area contributed by atoms with E-state index in [4.69, 9.17) is 0 Å². The van der Waals surface area contributed by atoms with Gasteiger partial charge in [-0.2, -0.15) is 0 Å². The lowest BCUT2D eigenvalue weighted by Crippen LogP contribution is -2.31. The van der Waals surface area contributed by atoms with Crippen molar-refractivity contribution in [2.24, 2.45) is 5.92 Å². The van der Waals surface area contributed by atoms with Crippen LogP contribution in [0.15, 0.2) is 24.3 Å². The summed E-state index contributed by atoms with van der Waals surface area (Å²) in [6, 6.07) is 6.12. The molecule has 0 radical (unpaired) electrons. The van der Waals surface area contributed by atoms with Gasteiger partial charge in [-0.1, -0.05) is 6.92 Å². The number of rotatable bonds is 4. The van der Waals surface area contributed by atoms with Crippen LogP contribution in [0.2, 0.25) is 0 Å². The average Bonchev–Trinajstić information content (AvgIpc) is 2.68. The van der Waals surface area contributed by atoms with E-state index in [0.717, 1.165) is 4.31 Å². The first-order valence-electron chi connectivity index (χ1n) is 7.28. The zero-order valence-corrected chi connectivity index (χ0v) is 13.8. The van der Waals surface area contributed by atoms with Crippen LogP contribution < -0.4 is 4.31 Å². The van der Waals surface area contributed by atoms with Crippen molar-refractivity contribution in [2.75, 3.05) is 23.1 Å². The molecule has 0 saturated carbocycles. The molecule has 120 valence electrons. The maximum absolute atomic E-state index is 12.2. The molecule has 0 N–H and O–H groups in total. The number of anilines is 1. The molecule has 1 aromatic carbocycles. The zero-order chi connectivity index (χ0) is 16.5. The summed E-state index contributed by atoms with van der Waals surface area (Å²) in [6.45, 7) is 6.60. The molecule has 0 aliphatic carbocycles. The van der Waals surface area contributed by atoms with E-state index < -0.39 is 21.8 Å². The van der Waals surface area contributed by atoms with Crippen molar-refractivity contribution in [3.63, 3.8) is 0 Å². The number of hydrogen-bond acceptors (Lipinski definition) is 4.